The molecule has 0 aliphatic carbocycles. The fraction of sp³-hybridized carbons (Fsp3) is 0. The minimum atomic E-state index is 0.842. The molecule has 2 aromatic heterocycles. The fourth-order valence-electron chi connectivity index (χ4n) is 6.61. The van der Waals surface area contributed by atoms with Crippen LogP contribution < -0.4 is 4.90 Å². The molecule has 7 aromatic carbocycles. The Kier molecular flexibility index (Phi) is 5.82. The topological polar surface area (TPSA) is 29.5 Å². The Labute approximate surface area is 260 Å². The van der Waals surface area contributed by atoms with Gasteiger partial charge in [0.25, 0.3) is 0 Å². The SMILES string of the molecule is c1ccc(-c2ccc(N(c3c(-c4ccccc4)ccc4c3oc3ccccc34)c3cccc4oc5ccccc5c34)cc2)cc1. The van der Waals surface area contributed by atoms with E-state index in [-0.39, 0.29) is 0 Å². The normalized spacial score (nSPS) is 11.6. The van der Waals surface area contributed by atoms with Gasteiger partial charge in [-0.2, -0.15) is 0 Å². The lowest BCUT2D eigenvalue weighted by Gasteiger charge is -2.28. The Balaban J connectivity index is 1.40. The van der Waals surface area contributed by atoms with Crippen molar-refractivity contribution in [2.75, 3.05) is 4.90 Å². The van der Waals surface area contributed by atoms with Gasteiger partial charge >= 0.3 is 0 Å². The van der Waals surface area contributed by atoms with Gasteiger partial charge in [-0.05, 0) is 59.2 Å². The first kappa shape index (κ1) is 25.4. The zero-order valence-electron chi connectivity index (χ0n) is 24.4. The number of anilines is 3. The molecule has 0 aliphatic heterocycles. The molecule has 0 unspecified atom stereocenters. The van der Waals surface area contributed by atoms with Gasteiger partial charge in [-0.15, -0.1) is 0 Å². The van der Waals surface area contributed by atoms with Crippen molar-refractivity contribution in [2.45, 2.75) is 0 Å². The van der Waals surface area contributed by atoms with Gasteiger partial charge < -0.3 is 13.7 Å². The number of nitrogens with zero attached hydrogens (tertiary/aromatic N) is 1. The average Bonchev–Trinajstić information content (AvgIpc) is 3.69. The minimum Gasteiger partial charge on any atom is -0.456 e. The van der Waals surface area contributed by atoms with Crippen molar-refractivity contribution in [3.8, 4) is 22.3 Å². The maximum Gasteiger partial charge on any atom is 0.160 e. The second-order valence-electron chi connectivity index (χ2n) is 11.3. The third-order valence-electron chi connectivity index (χ3n) is 8.68. The van der Waals surface area contributed by atoms with Gasteiger partial charge in [-0.1, -0.05) is 121 Å². The summed E-state index contributed by atoms with van der Waals surface area (Å²) in [7, 11) is 0. The highest BCUT2D eigenvalue weighted by atomic mass is 16.3. The Hall–Kier alpha value is -6.06. The van der Waals surface area contributed by atoms with Crippen molar-refractivity contribution in [3.63, 3.8) is 0 Å². The van der Waals surface area contributed by atoms with Crippen molar-refractivity contribution in [1.82, 2.24) is 0 Å². The first-order chi connectivity index (χ1) is 22.3. The van der Waals surface area contributed by atoms with E-state index >= 15 is 0 Å². The number of furan rings is 2. The van der Waals surface area contributed by atoms with E-state index in [0.29, 0.717) is 0 Å². The van der Waals surface area contributed by atoms with Crippen LogP contribution >= 0.6 is 0 Å². The summed E-state index contributed by atoms with van der Waals surface area (Å²) in [4.78, 5) is 2.35. The molecule has 0 radical (unpaired) electrons. The number of rotatable bonds is 5. The molecule has 0 amide bonds. The molecule has 212 valence electrons. The lowest BCUT2D eigenvalue weighted by molar-refractivity contribution is 0.668. The van der Waals surface area contributed by atoms with E-state index in [9.17, 15) is 0 Å². The molecule has 0 spiro atoms. The highest BCUT2D eigenvalue weighted by molar-refractivity contribution is 6.18. The summed E-state index contributed by atoms with van der Waals surface area (Å²) in [6.45, 7) is 0. The zero-order valence-corrected chi connectivity index (χ0v) is 24.4. The van der Waals surface area contributed by atoms with Crippen LogP contribution in [0.1, 0.15) is 0 Å². The average molecular weight is 578 g/mol. The second kappa shape index (κ2) is 10.3. The van der Waals surface area contributed by atoms with Gasteiger partial charge in [-0.25, -0.2) is 0 Å². The molecule has 2 heterocycles. The van der Waals surface area contributed by atoms with Crippen molar-refractivity contribution in [3.05, 3.63) is 164 Å². The van der Waals surface area contributed by atoms with E-state index in [0.717, 1.165) is 77.6 Å². The Morgan fingerprint density at radius 3 is 1.73 bits per heavy atom. The van der Waals surface area contributed by atoms with Crippen molar-refractivity contribution < 1.29 is 8.83 Å². The summed E-state index contributed by atoms with van der Waals surface area (Å²) < 4.78 is 13.2. The van der Waals surface area contributed by atoms with E-state index in [1.54, 1.807) is 0 Å². The summed E-state index contributed by atoms with van der Waals surface area (Å²) in [5.74, 6) is 0. The standard InChI is InChI=1S/C42H27NO2/c1-3-12-28(13-4-1)29-22-24-31(25-23-29)43(36-18-11-21-39-40(36)35-17-8-10-20-38(35)44-39)41-32(30-14-5-2-6-15-30)26-27-34-33-16-7-9-19-37(33)45-42(34)41/h1-27H. The monoisotopic (exact) mass is 577 g/mol. The van der Waals surface area contributed by atoms with Crippen molar-refractivity contribution >= 4 is 60.9 Å². The molecule has 0 aliphatic rings. The van der Waals surface area contributed by atoms with Crippen LogP contribution in [-0.2, 0) is 0 Å². The Morgan fingerprint density at radius 1 is 0.378 bits per heavy atom. The first-order valence-electron chi connectivity index (χ1n) is 15.2. The van der Waals surface area contributed by atoms with E-state index in [4.69, 9.17) is 8.83 Å². The van der Waals surface area contributed by atoms with Gasteiger partial charge in [0.2, 0.25) is 0 Å². The van der Waals surface area contributed by atoms with Crippen LogP contribution in [0.25, 0.3) is 66.1 Å². The van der Waals surface area contributed by atoms with Crippen LogP contribution in [0.5, 0.6) is 0 Å². The second-order valence-corrected chi connectivity index (χ2v) is 11.3. The van der Waals surface area contributed by atoms with Gasteiger partial charge in [0, 0.05) is 27.4 Å². The number of hydrogen-bond donors (Lipinski definition) is 0. The van der Waals surface area contributed by atoms with Crippen molar-refractivity contribution in [1.29, 1.82) is 0 Å². The summed E-state index contributed by atoms with van der Waals surface area (Å²) in [5.41, 5.74) is 11.0. The van der Waals surface area contributed by atoms with Crippen molar-refractivity contribution in [2.24, 2.45) is 0 Å². The molecular weight excluding hydrogens is 550 g/mol. The van der Waals surface area contributed by atoms with Crippen LogP contribution in [0, 0.1) is 0 Å². The van der Waals surface area contributed by atoms with Crippen LogP contribution in [0.15, 0.2) is 173 Å². The predicted molar refractivity (Wildman–Crippen MR) is 187 cm³/mol. The highest BCUT2D eigenvalue weighted by Gasteiger charge is 2.26. The summed E-state index contributed by atoms with van der Waals surface area (Å²) in [6, 6.07) is 57.2. The highest BCUT2D eigenvalue weighted by Crippen LogP contribution is 2.50. The van der Waals surface area contributed by atoms with Crippen LogP contribution in [0.3, 0.4) is 0 Å². The fourth-order valence-corrected chi connectivity index (χ4v) is 6.61. The maximum absolute atomic E-state index is 6.78. The third kappa shape index (κ3) is 4.13. The van der Waals surface area contributed by atoms with Gasteiger partial charge in [-0.3, -0.25) is 0 Å². The number of para-hydroxylation sites is 2. The number of fused-ring (bicyclic) bond motifs is 6. The molecule has 3 heteroatoms. The summed E-state index contributed by atoms with van der Waals surface area (Å²) in [5, 5.41) is 4.31. The molecule has 0 saturated heterocycles. The molecule has 0 N–H and O–H groups in total. The van der Waals surface area contributed by atoms with E-state index in [2.05, 4.69) is 144 Å². The maximum atomic E-state index is 6.78. The largest absolute Gasteiger partial charge is 0.456 e. The van der Waals surface area contributed by atoms with Gasteiger partial charge in [0.1, 0.15) is 16.7 Å². The molecule has 45 heavy (non-hydrogen) atoms. The zero-order chi connectivity index (χ0) is 29.7. The first-order valence-corrected chi connectivity index (χ1v) is 15.2. The smallest absolute Gasteiger partial charge is 0.160 e. The lowest BCUT2D eigenvalue weighted by Crippen LogP contribution is -2.12. The number of hydrogen-bond acceptors (Lipinski definition) is 3. The van der Waals surface area contributed by atoms with Crippen LogP contribution in [-0.4, -0.2) is 0 Å². The van der Waals surface area contributed by atoms with Gasteiger partial charge in [0.15, 0.2) is 5.58 Å². The molecule has 9 aromatic rings. The third-order valence-corrected chi connectivity index (χ3v) is 8.68. The molecule has 0 fully saturated rings. The Bertz CT molecular complexity index is 2470. The number of benzene rings is 7. The lowest BCUT2D eigenvalue weighted by atomic mass is 9.98. The van der Waals surface area contributed by atoms with E-state index in [1.807, 2.05) is 24.3 Å². The van der Waals surface area contributed by atoms with Gasteiger partial charge in [0.05, 0.1) is 16.8 Å². The van der Waals surface area contributed by atoms with Crippen LogP contribution in [0.4, 0.5) is 17.1 Å². The van der Waals surface area contributed by atoms with E-state index in [1.165, 1.54) is 5.56 Å². The molecule has 0 saturated carbocycles. The molecule has 0 atom stereocenters. The Morgan fingerprint density at radius 2 is 0.978 bits per heavy atom. The van der Waals surface area contributed by atoms with E-state index < -0.39 is 0 Å². The molecule has 0 bridgehead atoms. The molecular formula is C42H27NO2. The predicted octanol–water partition coefficient (Wildman–Crippen LogP) is 12.3. The molecule has 3 nitrogen and oxygen atoms in total. The quantitative estimate of drug-likeness (QED) is 0.204. The summed E-state index contributed by atoms with van der Waals surface area (Å²) in [6.07, 6.45) is 0. The van der Waals surface area contributed by atoms with Crippen LogP contribution in [0.2, 0.25) is 0 Å². The molecule has 9 rings (SSSR count). The minimum absolute atomic E-state index is 0.842. The summed E-state index contributed by atoms with van der Waals surface area (Å²) >= 11 is 0.